The normalized spacial score (nSPS) is 15.9. The van der Waals surface area contributed by atoms with Crippen molar-refractivity contribution in [2.75, 3.05) is 19.6 Å². The summed E-state index contributed by atoms with van der Waals surface area (Å²) in [6, 6.07) is 8.06. The number of nitrogens with one attached hydrogen (secondary N) is 1. The van der Waals surface area contributed by atoms with Crippen molar-refractivity contribution in [3.8, 4) is 0 Å². The number of carbonyl (C=O) groups excluding carboxylic acids is 1. The molecule has 20 heavy (non-hydrogen) atoms. The molecule has 0 saturated heterocycles. The Kier molecular flexibility index (Phi) is 4.61. The lowest BCUT2D eigenvalue weighted by Crippen LogP contribution is -2.43. The molecule has 1 atom stereocenters. The van der Waals surface area contributed by atoms with Crippen LogP contribution in [-0.4, -0.2) is 41.6 Å². The number of carboxylic acid groups (broad SMARTS) is 1. The van der Waals surface area contributed by atoms with Crippen LogP contribution < -0.4 is 5.32 Å². The molecule has 2 rings (SSSR count). The number of rotatable bonds is 6. The minimum absolute atomic E-state index is 0.0203. The van der Waals surface area contributed by atoms with Gasteiger partial charge in [0.25, 0.3) is 0 Å². The Bertz CT molecular complexity index is 502. The SMILES string of the molecule is CCN(CCC(=O)O)C(=O)NCC1Cc2ccccc21. The standard InChI is InChI=1S/C15H20N2O3/c1-2-17(8-7-14(18)19)15(20)16-10-12-9-11-5-3-4-6-13(11)12/h3-6,12H,2,7-10H2,1H3,(H,16,20)(H,18,19). The molecule has 0 fully saturated rings. The van der Waals surface area contributed by atoms with Crippen LogP contribution in [0.5, 0.6) is 0 Å². The van der Waals surface area contributed by atoms with Crippen LogP contribution in [0.3, 0.4) is 0 Å². The second-order valence-corrected chi connectivity index (χ2v) is 5.01. The van der Waals surface area contributed by atoms with Gasteiger partial charge in [-0.2, -0.15) is 0 Å². The third-order valence-corrected chi connectivity index (χ3v) is 3.73. The highest BCUT2D eigenvalue weighted by atomic mass is 16.4. The largest absolute Gasteiger partial charge is 0.481 e. The Morgan fingerprint density at radius 2 is 2.15 bits per heavy atom. The fraction of sp³-hybridized carbons (Fsp3) is 0.467. The number of amides is 2. The van der Waals surface area contributed by atoms with Crippen LogP contribution in [0, 0.1) is 0 Å². The van der Waals surface area contributed by atoms with E-state index in [2.05, 4.69) is 17.4 Å². The molecule has 0 aliphatic heterocycles. The number of nitrogens with zero attached hydrogens (tertiary/aromatic N) is 1. The van der Waals surface area contributed by atoms with Gasteiger partial charge in [-0.3, -0.25) is 4.79 Å². The molecule has 0 saturated carbocycles. The fourth-order valence-electron chi connectivity index (χ4n) is 2.50. The number of carbonyl (C=O) groups is 2. The van der Waals surface area contributed by atoms with E-state index in [1.54, 1.807) is 0 Å². The first-order valence-corrected chi connectivity index (χ1v) is 6.94. The van der Waals surface area contributed by atoms with Crippen molar-refractivity contribution in [1.82, 2.24) is 10.2 Å². The highest BCUT2D eigenvalue weighted by molar-refractivity contribution is 5.75. The van der Waals surface area contributed by atoms with Crippen LogP contribution in [0.2, 0.25) is 0 Å². The van der Waals surface area contributed by atoms with Gasteiger partial charge in [0, 0.05) is 25.6 Å². The molecule has 1 aromatic rings. The van der Waals surface area contributed by atoms with Crippen LogP contribution >= 0.6 is 0 Å². The maximum absolute atomic E-state index is 12.0. The first-order chi connectivity index (χ1) is 9.61. The number of aliphatic carboxylic acids is 1. The quantitative estimate of drug-likeness (QED) is 0.833. The first kappa shape index (κ1) is 14.4. The lowest BCUT2D eigenvalue weighted by atomic mass is 9.78. The zero-order valence-corrected chi connectivity index (χ0v) is 11.6. The van der Waals surface area contributed by atoms with Gasteiger partial charge < -0.3 is 15.3 Å². The number of fused-ring (bicyclic) bond motifs is 1. The Labute approximate surface area is 118 Å². The molecular weight excluding hydrogens is 256 g/mol. The van der Waals surface area contributed by atoms with Gasteiger partial charge in [-0.25, -0.2) is 4.79 Å². The van der Waals surface area contributed by atoms with E-state index in [9.17, 15) is 9.59 Å². The predicted octanol–water partition coefficient (Wildman–Crippen LogP) is 1.83. The third kappa shape index (κ3) is 3.29. The molecule has 1 aliphatic carbocycles. The summed E-state index contributed by atoms with van der Waals surface area (Å²) in [6.45, 7) is 3.22. The van der Waals surface area contributed by atoms with E-state index in [4.69, 9.17) is 5.11 Å². The average Bonchev–Trinajstić information content (AvgIpc) is 2.40. The zero-order chi connectivity index (χ0) is 14.5. The number of carboxylic acids is 1. The van der Waals surface area contributed by atoms with E-state index >= 15 is 0 Å². The maximum Gasteiger partial charge on any atom is 0.317 e. The highest BCUT2D eigenvalue weighted by Crippen LogP contribution is 2.33. The summed E-state index contributed by atoms with van der Waals surface area (Å²) in [5.74, 6) is -0.502. The molecule has 5 nitrogen and oxygen atoms in total. The van der Waals surface area contributed by atoms with Crippen LogP contribution in [0.25, 0.3) is 0 Å². The molecule has 1 aromatic carbocycles. The summed E-state index contributed by atoms with van der Waals surface area (Å²) in [5, 5.41) is 11.6. The molecule has 0 spiro atoms. The smallest absolute Gasteiger partial charge is 0.317 e. The lowest BCUT2D eigenvalue weighted by molar-refractivity contribution is -0.137. The summed E-state index contributed by atoms with van der Waals surface area (Å²) >= 11 is 0. The average molecular weight is 276 g/mol. The molecule has 1 unspecified atom stereocenters. The van der Waals surface area contributed by atoms with E-state index < -0.39 is 5.97 Å². The van der Waals surface area contributed by atoms with Crippen molar-refractivity contribution < 1.29 is 14.7 Å². The third-order valence-electron chi connectivity index (χ3n) is 3.73. The number of benzene rings is 1. The minimum atomic E-state index is -0.885. The van der Waals surface area contributed by atoms with Crippen molar-refractivity contribution in [2.45, 2.75) is 25.7 Å². The first-order valence-electron chi connectivity index (χ1n) is 6.94. The van der Waals surface area contributed by atoms with Gasteiger partial charge in [0.1, 0.15) is 0 Å². The van der Waals surface area contributed by atoms with Gasteiger partial charge in [0.05, 0.1) is 6.42 Å². The Balaban J connectivity index is 1.79. The van der Waals surface area contributed by atoms with Crippen molar-refractivity contribution in [3.05, 3.63) is 35.4 Å². The molecule has 0 heterocycles. The van der Waals surface area contributed by atoms with E-state index in [0.29, 0.717) is 19.0 Å². The number of hydrogen-bond acceptors (Lipinski definition) is 2. The van der Waals surface area contributed by atoms with E-state index in [-0.39, 0.29) is 19.0 Å². The van der Waals surface area contributed by atoms with Crippen molar-refractivity contribution in [2.24, 2.45) is 0 Å². The topological polar surface area (TPSA) is 69.6 Å². The van der Waals surface area contributed by atoms with Crippen molar-refractivity contribution in [1.29, 1.82) is 0 Å². The summed E-state index contributed by atoms with van der Waals surface area (Å²) in [7, 11) is 0. The number of urea groups is 1. The van der Waals surface area contributed by atoms with E-state index in [1.165, 1.54) is 16.0 Å². The Hall–Kier alpha value is -2.04. The van der Waals surface area contributed by atoms with E-state index in [0.717, 1.165) is 6.42 Å². The molecular formula is C15H20N2O3. The molecule has 0 bridgehead atoms. The summed E-state index contributed by atoms with van der Waals surface area (Å²) in [4.78, 5) is 24.0. The molecule has 2 N–H and O–H groups in total. The van der Waals surface area contributed by atoms with Gasteiger partial charge in [0.2, 0.25) is 0 Å². The number of hydrogen-bond donors (Lipinski definition) is 2. The summed E-state index contributed by atoms with van der Waals surface area (Å²) in [6.07, 6.45) is 0.977. The minimum Gasteiger partial charge on any atom is -0.481 e. The van der Waals surface area contributed by atoms with Gasteiger partial charge in [-0.1, -0.05) is 24.3 Å². The summed E-state index contributed by atoms with van der Waals surface area (Å²) < 4.78 is 0. The van der Waals surface area contributed by atoms with E-state index in [1.807, 2.05) is 19.1 Å². The van der Waals surface area contributed by atoms with Crippen LogP contribution in [-0.2, 0) is 11.2 Å². The van der Waals surface area contributed by atoms with Gasteiger partial charge in [-0.05, 0) is 24.5 Å². The zero-order valence-electron chi connectivity index (χ0n) is 11.6. The van der Waals surface area contributed by atoms with Gasteiger partial charge in [0.15, 0.2) is 0 Å². The second-order valence-electron chi connectivity index (χ2n) is 5.01. The van der Waals surface area contributed by atoms with Crippen molar-refractivity contribution >= 4 is 12.0 Å². The van der Waals surface area contributed by atoms with Gasteiger partial charge in [-0.15, -0.1) is 0 Å². The molecule has 5 heteroatoms. The molecule has 0 radical (unpaired) electrons. The summed E-state index contributed by atoms with van der Waals surface area (Å²) in [5.41, 5.74) is 2.66. The predicted molar refractivity (Wildman–Crippen MR) is 75.8 cm³/mol. The van der Waals surface area contributed by atoms with Crippen molar-refractivity contribution in [3.63, 3.8) is 0 Å². The maximum atomic E-state index is 12.0. The van der Waals surface area contributed by atoms with Crippen LogP contribution in [0.15, 0.2) is 24.3 Å². The molecule has 1 aliphatic rings. The fourth-order valence-corrected chi connectivity index (χ4v) is 2.50. The lowest BCUT2D eigenvalue weighted by Gasteiger charge is -2.31. The Morgan fingerprint density at radius 1 is 1.40 bits per heavy atom. The highest BCUT2D eigenvalue weighted by Gasteiger charge is 2.26. The molecule has 0 aromatic heterocycles. The Morgan fingerprint density at radius 3 is 2.80 bits per heavy atom. The van der Waals surface area contributed by atoms with Crippen LogP contribution in [0.4, 0.5) is 4.79 Å². The molecule has 2 amide bonds. The van der Waals surface area contributed by atoms with Gasteiger partial charge >= 0.3 is 12.0 Å². The second kappa shape index (κ2) is 6.41. The monoisotopic (exact) mass is 276 g/mol. The molecule has 108 valence electrons. The van der Waals surface area contributed by atoms with Crippen LogP contribution in [0.1, 0.15) is 30.4 Å².